The molecule has 1 fully saturated rings. The third kappa shape index (κ3) is 8.12. The maximum Gasteiger partial charge on any atom is 0.302 e. The fraction of sp³-hybridized carbons (Fsp3) is 0.640. The van der Waals surface area contributed by atoms with Crippen LogP contribution in [0.5, 0.6) is 0 Å². The average Bonchev–Trinajstić information content (AvgIpc) is 3.03. The molecule has 1 aliphatic rings. The molecule has 2 atom stereocenters. The fourth-order valence-corrected chi connectivity index (χ4v) is 4.30. The third-order valence-electron chi connectivity index (χ3n) is 6.09. The zero-order chi connectivity index (χ0) is 24.0. The minimum Gasteiger partial charge on any atom is -0.462 e. The lowest BCUT2D eigenvalue weighted by atomic mass is 10.1. The second kappa shape index (κ2) is 11.1. The third-order valence-corrected chi connectivity index (χ3v) is 10.4. The molecule has 6 nitrogen and oxygen atoms in total. The predicted octanol–water partition coefficient (Wildman–Crippen LogP) is 5.45. The van der Waals surface area contributed by atoms with E-state index in [1.165, 1.54) is 12.5 Å². The van der Waals surface area contributed by atoms with Gasteiger partial charge in [-0.25, -0.2) is 0 Å². The molecule has 0 saturated carbocycles. The molecule has 0 bridgehead atoms. The molecule has 0 radical (unpaired) electrons. The standard InChI is InChI=1S/C25H41NO5Si/c1-20(27)28-17-13-12-16-22(23-19-29-25(5,6)30-23)26(18-21-14-10-9-11-15-21)31-32(7,8)24(2,3)4/h9-15,22-23H,16-19H2,1-8H3/b13-12+/t22-,23+/m0/s1. The summed E-state index contributed by atoms with van der Waals surface area (Å²) >= 11 is 0. The Hall–Kier alpha value is -1.51. The highest BCUT2D eigenvalue weighted by atomic mass is 28.4. The molecule has 0 amide bonds. The van der Waals surface area contributed by atoms with Gasteiger partial charge in [0.05, 0.1) is 12.6 Å². The first-order valence-corrected chi connectivity index (χ1v) is 14.3. The van der Waals surface area contributed by atoms with Crippen molar-refractivity contribution in [3.05, 3.63) is 48.0 Å². The molecule has 1 saturated heterocycles. The van der Waals surface area contributed by atoms with Crippen LogP contribution in [0.2, 0.25) is 18.1 Å². The largest absolute Gasteiger partial charge is 0.462 e. The lowest BCUT2D eigenvalue weighted by molar-refractivity contribution is -0.179. The Morgan fingerprint density at radius 2 is 1.91 bits per heavy atom. The van der Waals surface area contributed by atoms with Crippen LogP contribution < -0.4 is 0 Å². The number of hydroxylamine groups is 2. The van der Waals surface area contributed by atoms with E-state index in [4.69, 9.17) is 18.7 Å². The van der Waals surface area contributed by atoms with Crippen molar-refractivity contribution in [2.75, 3.05) is 13.2 Å². The summed E-state index contributed by atoms with van der Waals surface area (Å²) in [4.78, 5) is 11.1. The van der Waals surface area contributed by atoms with Crippen molar-refractivity contribution < 1.29 is 23.5 Å². The SMILES string of the molecule is CC(=O)OC/C=C/C[C@@H]([C@H]1COC(C)(C)O1)N(Cc1ccccc1)O[Si](C)(C)C(C)(C)C. The lowest BCUT2D eigenvalue weighted by Gasteiger charge is -2.43. The minimum absolute atomic E-state index is 0.0558. The van der Waals surface area contributed by atoms with Gasteiger partial charge in [-0.2, -0.15) is 5.06 Å². The topological polar surface area (TPSA) is 57.2 Å². The van der Waals surface area contributed by atoms with Gasteiger partial charge in [-0.1, -0.05) is 63.3 Å². The van der Waals surface area contributed by atoms with Crippen molar-refractivity contribution in [1.29, 1.82) is 0 Å². The van der Waals surface area contributed by atoms with Crippen molar-refractivity contribution in [2.45, 2.75) is 90.6 Å². The highest BCUT2D eigenvalue weighted by Crippen LogP contribution is 2.39. The molecule has 1 aromatic rings. The van der Waals surface area contributed by atoms with E-state index in [1.54, 1.807) is 0 Å². The smallest absolute Gasteiger partial charge is 0.302 e. The maximum atomic E-state index is 11.1. The normalized spacial score (nSPS) is 20.1. The Labute approximate surface area is 195 Å². The van der Waals surface area contributed by atoms with Crippen LogP contribution in [0.25, 0.3) is 0 Å². The summed E-state index contributed by atoms with van der Waals surface area (Å²) < 4.78 is 24.1. The molecule has 32 heavy (non-hydrogen) atoms. The van der Waals surface area contributed by atoms with E-state index in [0.29, 0.717) is 19.6 Å². The molecule has 0 aromatic heterocycles. The van der Waals surface area contributed by atoms with Crippen molar-refractivity contribution in [3.8, 4) is 0 Å². The van der Waals surface area contributed by atoms with Crippen LogP contribution in [0.4, 0.5) is 0 Å². The molecular weight excluding hydrogens is 422 g/mol. The van der Waals surface area contributed by atoms with E-state index in [-0.39, 0.29) is 29.8 Å². The molecule has 0 aliphatic carbocycles. The van der Waals surface area contributed by atoms with E-state index < -0.39 is 14.1 Å². The van der Waals surface area contributed by atoms with Crippen LogP contribution in [-0.4, -0.2) is 50.5 Å². The van der Waals surface area contributed by atoms with Crippen LogP contribution in [0.3, 0.4) is 0 Å². The number of benzene rings is 1. The van der Waals surface area contributed by atoms with Crippen LogP contribution in [-0.2, 0) is 30.1 Å². The molecule has 1 heterocycles. The number of rotatable bonds is 10. The van der Waals surface area contributed by atoms with E-state index in [0.717, 1.165) is 0 Å². The Morgan fingerprint density at radius 3 is 2.44 bits per heavy atom. The predicted molar refractivity (Wildman–Crippen MR) is 129 cm³/mol. The molecule has 1 aliphatic heterocycles. The number of nitrogens with zero attached hydrogens (tertiary/aromatic N) is 1. The monoisotopic (exact) mass is 463 g/mol. The van der Waals surface area contributed by atoms with Crippen LogP contribution in [0.15, 0.2) is 42.5 Å². The summed E-state index contributed by atoms with van der Waals surface area (Å²) in [5.41, 5.74) is 1.18. The highest BCUT2D eigenvalue weighted by molar-refractivity contribution is 6.74. The molecule has 2 rings (SSSR count). The number of esters is 1. The van der Waals surface area contributed by atoms with Gasteiger partial charge in [0.15, 0.2) is 5.79 Å². The molecule has 0 unspecified atom stereocenters. The summed E-state index contributed by atoms with van der Waals surface area (Å²) in [6, 6.07) is 10.3. The highest BCUT2D eigenvalue weighted by Gasteiger charge is 2.44. The first kappa shape index (κ1) is 26.7. The van der Waals surface area contributed by atoms with E-state index in [9.17, 15) is 4.79 Å². The lowest BCUT2D eigenvalue weighted by Crippen LogP contribution is -2.53. The second-order valence-corrected chi connectivity index (χ2v) is 15.1. The van der Waals surface area contributed by atoms with Gasteiger partial charge in [-0.05, 0) is 44.0 Å². The Kier molecular flexibility index (Phi) is 9.25. The molecule has 7 heteroatoms. The molecule has 180 valence electrons. The van der Waals surface area contributed by atoms with Crippen LogP contribution in [0.1, 0.15) is 53.5 Å². The quantitative estimate of drug-likeness (QED) is 0.199. The van der Waals surface area contributed by atoms with Crippen molar-refractivity contribution >= 4 is 14.3 Å². The van der Waals surface area contributed by atoms with E-state index in [2.05, 4.69) is 51.1 Å². The van der Waals surface area contributed by atoms with E-state index >= 15 is 0 Å². The fourth-order valence-electron chi connectivity index (χ4n) is 3.24. The van der Waals surface area contributed by atoms with Crippen LogP contribution in [0, 0.1) is 0 Å². The van der Waals surface area contributed by atoms with Crippen molar-refractivity contribution in [1.82, 2.24) is 5.06 Å². The number of ether oxygens (including phenoxy) is 3. The van der Waals surface area contributed by atoms with Gasteiger partial charge in [0.25, 0.3) is 0 Å². The van der Waals surface area contributed by atoms with Gasteiger partial charge in [-0.15, -0.1) is 0 Å². The van der Waals surface area contributed by atoms with Crippen molar-refractivity contribution in [3.63, 3.8) is 0 Å². The van der Waals surface area contributed by atoms with Gasteiger partial charge in [0, 0.05) is 13.5 Å². The second-order valence-electron chi connectivity index (χ2n) is 10.4. The first-order valence-electron chi connectivity index (χ1n) is 11.4. The van der Waals surface area contributed by atoms with Gasteiger partial charge < -0.3 is 18.7 Å². The number of hydrogen-bond acceptors (Lipinski definition) is 6. The minimum atomic E-state index is -2.10. The maximum absolute atomic E-state index is 11.1. The van der Waals surface area contributed by atoms with Gasteiger partial charge in [0.2, 0.25) is 8.32 Å². The number of carbonyl (C=O) groups is 1. The Balaban J connectivity index is 2.31. The summed E-state index contributed by atoms with van der Waals surface area (Å²) in [6.45, 7) is 18.0. The average molecular weight is 464 g/mol. The molecule has 0 N–H and O–H groups in total. The van der Waals surface area contributed by atoms with Crippen LogP contribution >= 0.6 is 0 Å². The van der Waals surface area contributed by atoms with E-state index in [1.807, 2.05) is 44.2 Å². The van der Waals surface area contributed by atoms with Gasteiger partial charge in [0.1, 0.15) is 12.7 Å². The summed E-state index contributed by atoms with van der Waals surface area (Å²) in [5.74, 6) is -0.910. The van der Waals surface area contributed by atoms with Gasteiger partial charge in [-0.3, -0.25) is 4.79 Å². The summed E-state index contributed by atoms with van der Waals surface area (Å²) in [5, 5.41) is 2.17. The molecule has 1 aromatic carbocycles. The zero-order valence-electron chi connectivity index (χ0n) is 21.0. The Bertz CT molecular complexity index is 757. The van der Waals surface area contributed by atoms with Gasteiger partial charge >= 0.3 is 5.97 Å². The number of carbonyl (C=O) groups excluding carboxylic acids is 1. The van der Waals surface area contributed by atoms with Crippen molar-refractivity contribution in [2.24, 2.45) is 0 Å². The summed E-state index contributed by atoms with van der Waals surface area (Å²) in [7, 11) is -2.10. The zero-order valence-corrected chi connectivity index (χ0v) is 22.0. The molecule has 0 spiro atoms. The summed E-state index contributed by atoms with van der Waals surface area (Å²) in [6.07, 6.45) is 4.46. The Morgan fingerprint density at radius 1 is 1.25 bits per heavy atom. The molecular formula is C25H41NO5Si. The number of hydrogen-bond donors (Lipinski definition) is 0. The first-order chi connectivity index (χ1) is 14.8.